The Bertz CT molecular complexity index is 757. The zero-order valence-electron chi connectivity index (χ0n) is 10.4. The molecule has 0 radical (unpaired) electrons. The number of pyridine rings is 1. The molecule has 0 spiro atoms. The van der Waals surface area contributed by atoms with E-state index in [9.17, 15) is 4.79 Å². The predicted molar refractivity (Wildman–Crippen MR) is 72.3 cm³/mol. The van der Waals surface area contributed by atoms with Gasteiger partial charge in [0, 0.05) is 18.0 Å². The molecule has 0 atom stereocenters. The van der Waals surface area contributed by atoms with Crippen LogP contribution in [-0.2, 0) is 0 Å². The summed E-state index contributed by atoms with van der Waals surface area (Å²) in [6.45, 7) is 2.02. The lowest BCUT2D eigenvalue weighted by Gasteiger charge is -1.96. The maximum Gasteiger partial charge on any atom is 0.339 e. The number of nitrogens with zero attached hydrogens (tertiary/aromatic N) is 2. The van der Waals surface area contributed by atoms with E-state index < -0.39 is 5.97 Å². The minimum absolute atomic E-state index is 0.209. The molecule has 0 aliphatic carbocycles. The summed E-state index contributed by atoms with van der Waals surface area (Å²) in [5, 5.41) is 9.15. The van der Waals surface area contributed by atoms with Crippen LogP contribution in [0.2, 0.25) is 0 Å². The summed E-state index contributed by atoms with van der Waals surface area (Å²) in [6.07, 6.45) is 3.64. The Morgan fingerprint density at radius 1 is 1.21 bits per heavy atom. The van der Waals surface area contributed by atoms with Crippen LogP contribution >= 0.6 is 0 Å². The topological polar surface area (TPSA) is 54.6 Å². The zero-order chi connectivity index (χ0) is 13.4. The van der Waals surface area contributed by atoms with Gasteiger partial charge in [0.2, 0.25) is 0 Å². The Morgan fingerprint density at radius 3 is 2.63 bits per heavy atom. The van der Waals surface area contributed by atoms with E-state index in [-0.39, 0.29) is 5.56 Å². The highest BCUT2D eigenvalue weighted by Gasteiger charge is 2.12. The molecule has 1 N–H and O–H groups in total. The first-order valence-electron chi connectivity index (χ1n) is 5.93. The Kier molecular flexibility index (Phi) is 2.56. The van der Waals surface area contributed by atoms with Gasteiger partial charge in [0.1, 0.15) is 5.56 Å². The normalized spacial score (nSPS) is 10.8. The van der Waals surface area contributed by atoms with Crippen LogP contribution in [0.25, 0.3) is 16.9 Å². The number of carboxylic acids is 1. The molecule has 3 rings (SSSR count). The molecule has 2 aromatic heterocycles. The monoisotopic (exact) mass is 252 g/mol. The SMILES string of the molecule is Cc1ccc(-c2cn3cccc(C(=O)O)c3n2)cc1. The second-order valence-electron chi connectivity index (χ2n) is 4.45. The van der Waals surface area contributed by atoms with Crippen LogP contribution in [0.4, 0.5) is 0 Å². The molecule has 0 aliphatic rings. The first-order valence-corrected chi connectivity index (χ1v) is 5.93. The van der Waals surface area contributed by atoms with Crippen molar-refractivity contribution in [1.29, 1.82) is 0 Å². The van der Waals surface area contributed by atoms with Gasteiger partial charge in [-0.25, -0.2) is 9.78 Å². The lowest BCUT2D eigenvalue weighted by Crippen LogP contribution is -1.99. The van der Waals surface area contributed by atoms with Gasteiger partial charge in [0.15, 0.2) is 5.65 Å². The minimum Gasteiger partial charge on any atom is -0.478 e. The number of carbonyl (C=O) groups is 1. The van der Waals surface area contributed by atoms with E-state index in [0.29, 0.717) is 5.65 Å². The lowest BCUT2D eigenvalue weighted by molar-refractivity contribution is 0.0698. The van der Waals surface area contributed by atoms with Gasteiger partial charge >= 0.3 is 5.97 Å². The Labute approximate surface area is 110 Å². The van der Waals surface area contributed by atoms with Crippen LogP contribution in [0.1, 0.15) is 15.9 Å². The molecule has 4 nitrogen and oxygen atoms in total. The number of rotatable bonds is 2. The molecule has 19 heavy (non-hydrogen) atoms. The highest BCUT2D eigenvalue weighted by atomic mass is 16.4. The predicted octanol–water partition coefficient (Wildman–Crippen LogP) is 3.01. The van der Waals surface area contributed by atoms with Crippen molar-refractivity contribution in [2.24, 2.45) is 0 Å². The van der Waals surface area contributed by atoms with Crippen molar-refractivity contribution in [2.75, 3.05) is 0 Å². The number of hydrogen-bond acceptors (Lipinski definition) is 2. The fourth-order valence-electron chi connectivity index (χ4n) is 2.04. The molecule has 0 saturated heterocycles. The second-order valence-corrected chi connectivity index (χ2v) is 4.45. The number of carboxylic acid groups (broad SMARTS) is 1. The van der Waals surface area contributed by atoms with Gasteiger partial charge in [0.25, 0.3) is 0 Å². The molecule has 0 fully saturated rings. The van der Waals surface area contributed by atoms with E-state index in [1.165, 1.54) is 5.56 Å². The van der Waals surface area contributed by atoms with Gasteiger partial charge in [-0.05, 0) is 19.1 Å². The molecule has 0 aliphatic heterocycles. The number of aromatic nitrogens is 2. The average molecular weight is 252 g/mol. The number of hydrogen-bond donors (Lipinski definition) is 1. The van der Waals surface area contributed by atoms with Crippen molar-refractivity contribution in [3.05, 3.63) is 59.9 Å². The number of imidazole rings is 1. The van der Waals surface area contributed by atoms with Crippen LogP contribution in [0.15, 0.2) is 48.8 Å². The van der Waals surface area contributed by atoms with Gasteiger partial charge in [-0.1, -0.05) is 29.8 Å². The smallest absolute Gasteiger partial charge is 0.339 e. The number of benzene rings is 1. The largest absolute Gasteiger partial charge is 0.478 e. The van der Waals surface area contributed by atoms with Crippen LogP contribution in [0.5, 0.6) is 0 Å². The van der Waals surface area contributed by atoms with Crippen molar-refractivity contribution in [1.82, 2.24) is 9.38 Å². The van der Waals surface area contributed by atoms with Crippen LogP contribution in [0, 0.1) is 6.92 Å². The first-order chi connectivity index (χ1) is 9.15. The number of aryl methyl sites for hydroxylation is 1. The summed E-state index contributed by atoms with van der Waals surface area (Å²) in [7, 11) is 0. The van der Waals surface area contributed by atoms with Crippen molar-refractivity contribution in [2.45, 2.75) is 6.92 Å². The third-order valence-electron chi connectivity index (χ3n) is 3.06. The second kappa shape index (κ2) is 4.24. The molecule has 0 unspecified atom stereocenters. The van der Waals surface area contributed by atoms with Crippen LogP contribution in [-0.4, -0.2) is 20.5 Å². The summed E-state index contributed by atoms with van der Waals surface area (Å²) >= 11 is 0. The van der Waals surface area contributed by atoms with E-state index in [4.69, 9.17) is 5.11 Å². The Morgan fingerprint density at radius 2 is 1.95 bits per heavy atom. The molecular formula is C15H12N2O2. The molecule has 3 aromatic rings. The maximum absolute atomic E-state index is 11.2. The van der Waals surface area contributed by atoms with Gasteiger partial charge in [-0.3, -0.25) is 0 Å². The summed E-state index contributed by atoms with van der Waals surface area (Å²) < 4.78 is 1.73. The van der Waals surface area contributed by atoms with Gasteiger partial charge in [0.05, 0.1) is 5.69 Å². The van der Waals surface area contributed by atoms with Crippen molar-refractivity contribution in [3.63, 3.8) is 0 Å². The van der Waals surface area contributed by atoms with Crippen molar-refractivity contribution >= 4 is 11.6 Å². The number of aromatic carboxylic acids is 1. The Balaban J connectivity index is 2.19. The van der Waals surface area contributed by atoms with Crippen LogP contribution < -0.4 is 0 Å². The minimum atomic E-state index is -0.966. The van der Waals surface area contributed by atoms with Crippen molar-refractivity contribution in [3.8, 4) is 11.3 Å². The summed E-state index contributed by atoms with van der Waals surface area (Å²) in [5.41, 5.74) is 3.60. The van der Waals surface area contributed by atoms with E-state index in [2.05, 4.69) is 4.98 Å². The average Bonchev–Trinajstić information content (AvgIpc) is 2.82. The highest BCUT2D eigenvalue weighted by molar-refractivity contribution is 5.94. The standard InChI is InChI=1S/C15H12N2O2/c1-10-4-6-11(7-5-10)13-9-17-8-2-3-12(15(18)19)14(17)16-13/h2-9H,1H3,(H,18,19). The molecule has 0 saturated carbocycles. The van der Waals surface area contributed by atoms with Gasteiger partial charge in [-0.15, -0.1) is 0 Å². The quantitative estimate of drug-likeness (QED) is 0.762. The molecule has 4 heteroatoms. The molecule has 1 aromatic carbocycles. The number of fused-ring (bicyclic) bond motifs is 1. The van der Waals surface area contributed by atoms with E-state index >= 15 is 0 Å². The third kappa shape index (κ3) is 1.97. The van der Waals surface area contributed by atoms with E-state index in [1.54, 1.807) is 22.7 Å². The molecule has 94 valence electrons. The fourth-order valence-corrected chi connectivity index (χ4v) is 2.04. The van der Waals surface area contributed by atoms with Crippen molar-refractivity contribution < 1.29 is 9.90 Å². The van der Waals surface area contributed by atoms with Gasteiger partial charge in [-0.2, -0.15) is 0 Å². The van der Waals surface area contributed by atoms with E-state index in [0.717, 1.165) is 11.3 Å². The third-order valence-corrected chi connectivity index (χ3v) is 3.06. The van der Waals surface area contributed by atoms with Gasteiger partial charge < -0.3 is 9.51 Å². The molecule has 2 heterocycles. The first kappa shape index (κ1) is 11.5. The summed E-state index contributed by atoms with van der Waals surface area (Å²) in [5.74, 6) is -0.966. The highest BCUT2D eigenvalue weighted by Crippen LogP contribution is 2.21. The summed E-state index contributed by atoms with van der Waals surface area (Å²) in [6, 6.07) is 11.3. The Hall–Kier alpha value is -2.62. The molecule has 0 bridgehead atoms. The van der Waals surface area contributed by atoms with Crippen LogP contribution in [0.3, 0.4) is 0 Å². The van der Waals surface area contributed by atoms with E-state index in [1.807, 2.05) is 37.4 Å². The zero-order valence-corrected chi connectivity index (χ0v) is 10.4. The summed E-state index contributed by atoms with van der Waals surface area (Å²) in [4.78, 5) is 15.6. The lowest BCUT2D eigenvalue weighted by atomic mass is 10.1. The maximum atomic E-state index is 11.2. The fraction of sp³-hybridized carbons (Fsp3) is 0.0667. The molecular weight excluding hydrogens is 240 g/mol. The molecule has 0 amide bonds.